The number of nitrogens with zero attached hydrogens (tertiary/aromatic N) is 4. The molecule has 1 aromatic carbocycles. The largest absolute Gasteiger partial charge is 0.381 e. The number of aromatic nitrogens is 1. The zero-order valence-corrected chi connectivity index (χ0v) is 17.5. The minimum Gasteiger partial charge on any atom is -0.381 e. The Morgan fingerprint density at radius 1 is 1.14 bits per heavy atom. The Hall–Kier alpha value is -2.60. The molecule has 0 bridgehead atoms. The number of hydrogen-bond acceptors (Lipinski definition) is 5. The highest BCUT2D eigenvalue weighted by atomic mass is 16.2. The molecule has 0 saturated carbocycles. The van der Waals surface area contributed by atoms with E-state index in [9.17, 15) is 4.79 Å². The third-order valence-electron chi connectivity index (χ3n) is 5.97. The summed E-state index contributed by atoms with van der Waals surface area (Å²) in [6, 6.07) is 8.24. The predicted octanol–water partition coefficient (Wildman–Crippen LogP) is 3.20. The lowest BCUT2D eigenvalue weighted by atomic mass is 10.1. The number of carbonyl (C=O) groups excluding carboxylic acids is 1. The lowest BCUT2D eigenvalue weighted by molar-refractivity contribution is 0.0776. The summed E-state index contributed by atoms with van der Waals surface area (Å²) in [5.74, 6) is 0.171. The van der Waals surface area contributed by atoms with Crippen molar-refractivity contribution in [2.45, 2.75) is 32.9 Å². The molecule has 154 valence electrons. The van der Waals surface area contributed by atoms with Gasteiger partial charge >= 0.3 is 0 Å². The fourth-order valence-corrected chi connectivity index (χ4v) is 4.13. The smallest absolute Gasteiger partial charge is 0.254 e. The van der Waals surface area contributed by atoms with E-state index in [2.05, 4.69) is 46.2 Å². The molecule has 2 aromatic rings. The van der Waals surface area contributed by atoms with Crippen LogP contribution in [0.2, 0.25) is 0 Å². The van der Waals surface area contributed by atoms with E-state index in [1.54, 1.807) is 0 Å². The highest BCUT2D eigenvalue weighted by molar-refractivity contribution is 5.98. The molecular weight excluding hydrogens is 362 g/mol. The number of benzene rings is 1. The number of amides is 1. The monoisotopic (exact) mass is 393 g/mol. The molecule has 0 atom stereocenters. The second kappa shape index (κ2) is 8.82. The van der Waals surface area contributed by atoms with Crippen LogP contribution in [0.4, 0.5) is 11.4 Å². The fourth-order valence-electron chi connectivity index (χ4n) is 4.13. The van der Waals surface area contributed by atoms with Crippen molar-refractivity contribution in [1.82, 2.24) is 14.8 Å². The number of pyridine rings is 1. The zero-order chi connectivity index (χ0) is 20.2. The van der Waals surface area contributed by atoms with E-state index in [1.807, 2.05) is 29.4 Å². The molecule has 1 amide bonds. The summed E-state index contributed by atoms with van der Waals surface area (Å²) in [7, 11) is 2.17. The summed E-state index contributed by atoms with van der Waals surface area (Å²) in [6.07, 6.45) is 6.00. The summed E-state index contributed by atoms with van der Waals surface area (Å²) in [4.78, 5) is 23.6. The standard InChI is InChI=1S/C23H31N5O/c1-3-4-9-28-17-18-14-20(5-6-21(18)23(28)29)25-16-19-15-24-8-7-22(19)27-12-10-26(2)11-13-27/h5-8,14-15,25H,3-4,9-13,16-17H2,1-2H3. The Kier molecular flexibility index (Phi) is 6.00. The number of hydrogen-bond donors (Lipinski definition) is 1. The number of piperazine rings is 1. The number of carbonyl (C=O) groups is 1. The summed E-state index contributed by atoms with van der Waals surface area (Å²) in [5.41, 5.74) is 5.51. The molecule has 0 spiro atoms. The highest BCUT2D eigenvalue weighted by Crippen LogP contribution is 2.27. The van der Waals surface area contributed by atoms with Crippen LogP contribution in [0, 0.1) is 0 Å². The second-order valence-corrected chi connectivity index (χ2v) is 8.10. The SMILES string of the molecule is CCCCN1Cc2cc(NCc3cnccc3N3CCN(C)CC3)ccc2C1=O. The lowest BCUT2D eigenvalue weighted by Crippen LogP contribution is -2.44. The topological polar surface area (TPSA) is 51.7 Å². The highest BCUT2D eigenvalue weighted by Gasteiger charge is 2.26. The maximum atomic E-state index is 12.5. The van der Waals surface area contributed by atoms with Crippen molar-refractivity contribution in [1.29, 1.82) is 0 Å². The van der Waals surface area contributed by atoms with Crippen molar-refractivity contribution in [2.75, 3.05) is 50.0 Å². The van der Waals surface area contributed by atoms with Crippen LogP contribution in [0.5, 0.6) is 0 Å². The Bertz CT molecular complexity index is 860. The molecule has 1 N–H and O–H groups in total. The van der Waals surface area contributed by atoms with Gasteiger partial charge in [-0.05, 0) is 43.3 Å². The quantitative estimate of drug-likeness (QED) is 0.783. The summed E-state index contributed by atoms with van der Waals surface area (Å²) in [5, 5.41) is 3.54. The maximum absolute atomic E-state index is 12.5. The van der Waals surface area contributed by atoms with E-state index in [4.69, 9.17) is 0 Å². The molecule has 0 aliphatic carbocycles. The number of unbranched alkanes of at least 4 members (excludes halogenated alkanes) is 1. The van der Waals surface area contributed by atoms with Crippen LogP contribution in [-0.4, -0.2) is 60.5 Å². The van der Waals surface area contributed by atoms with E-state index < -0.39 is 0 Å². The zero-order valence-electron chi connectivity index (χ0n) is 17.5. The molecule has 2 aliphatic heterocycles. The average molecular weight is 394 g/mol. The van der Waals surface area contributed by atoms with E-state index in [0.29, 0.717) is 0 Å². The molecule has 1 fully saturated rings. The molecule has 4 rings (SSSR count). The Balaban J connectivity index is 1.43. The van der Waals surface area contributed by atoms with Crippen molar-refractivity contribution in [2.24, 2.45) is 0 Å². The average Bonchev–Trinajstić information content (AvgIpc) is 3.06. The number of likely N-dealkylation sites (N-methyl/N-ethyl adjacent to an activating group) is 1. The molecule has 3 heterocycles. The number of anilines is 2. The molecule has 1 aromatic heterocycles. The number of fused-ring (bicyclic) bond motifs is 1. The van der Waals surface area contributed by atoms with Gasteiger partial charge in [-0.3, -0.25) is 9.78 Å². The van der Waals surface area contributed by atoms with Crippen molar-refractivity contribution in [3.05, 3.63) is 53.3 Å². The van der Waals surface area contributed by atoms with Crippen LogP contribution in [-0.2, 0) is 13.1 Å². The molecule has 29 heavy (non-hydrogen) atoms. The van der Waals surface area contributed by atoms with Gasteiger partial charge in [-0.15, -0.1) is 0 Å². The maximum Gasteiger partial charge on any atom is 0.254 e. The summed E-state index contributed by atoms with van der Waals surface area (Å²) in [6.45, 7) is 8.71. The van der Waals surface area contributed by atoms with Gasteiger partial charge in [0.15, 0.2) is 0 Å². The molecule has 0 radical (unpaired) electrons. The van der Waals surface area contributed by atoms with Crippen molar-refractivity contribution in [3.63, 3.8) is 0 Å². The first kappa shape index (κ1) is 19.7. The van der Waals surface area contributed by atoms with Crippen molar-refractivity contribution in [3.8, 4) is 0 Å². The Morgan fingerprint density at radius 2 is 1.97 bits per heavy atom. The minimum absolute atomic E-state index is 0.171. The van der Waals surface area contributed by atoms with Gasteiger partial charge in [-0.25, -0.2) is 0 Å². The van der Waals surface area contributed by atoms with Gasteiger partial charge in [0.25, 0.3) is 5.91 Å². The normalized spacial score (nSPS) is 17.0. The molecule has 2 aliphatic rings. The summed E-state index contributed by atoms with van der Waals surface area (Å²) >= 11 is 0. The first-order valence-corrected chi connectivity index (χ1v) is 10.7. The van der Waals surface area contributed by atoms with E-state index in [-0.39, 0.29) is 5.91 Å². The Labute approximate surface area is 173 Å². The molecule has 0 unspecified atom stereocenters. The van der Waals surface area contributed by atoms with E-state index in [1.165, 1.54) is 11.3 Å². The number of rotatable bonds is 7. The minimum atomic E-state index is 0.171. The molecule has 1 saturated heterocycles. The van der Waals surface area contributed by atoms with Gasteiger partial charge in [-0.2, -0.15) is 0 Å². The Morgan fingerprint density at radius 3 is 2.76 bits per heavy atom. The molecule has 6 nitrogen and oxygen atoms in total. The summed E-state index contributed by atoms with van der Waals surface area (Å²) < 4.78 is 0. The van der Waals surface area contributed by atoms with Crippen LogP contribution in [0.3, 0.4) is 0 Å². The van der Waals surface area contributed by atoms with Crippen molar-refractivity contribution < 1.29 is 4.79 Å². The van der Waals surface area contributed by atoms with Gasteiger partial charge in [0, 0.05) is 80.7 Å². The van der Waals surface area contributed by atoms with Crippen molar-refractivity contribution >= 4 is 17.3 Å². The van der Waals surface area contributed by atoms with Gasteiger partial charge in [0.1, 0.15) is 0 Å². The van der Waals surface area contributed by atoms with Crippen LogP contribution in [0.25, 0.3) is 0 Å². The van der Waals surface area contributed by atoms with Gasteiger partial charge in [-0.1, -0.05) is 13.3 Å². The van der Waals surface area contributed by atoms with Gasteiger partial charge in [0.2, 0.25) is 0 Å². The van der Waals surface area contributed by atoms with Crippen LogP contribution in [0.15, 0.2) is 36.7 Å². The first-order valence-electron chi connectivity index (χ1n) is 10.7. The molecule has 6 heteroatoms. The van der Waals surface area contributed by atoms with Gasteiger partial charge in [0.05, 0.1) is 0 Å². The van der Waals surface area contributed by atoms with E-state index in [0.717, 1.165) is 75.5 Å². The number of nitrogens with one attached hydrogen (secondary N) is 1. The van der Waals surface area contributed by atoms with E-state index >= 15 is 0 Å². The van der Waals surface area contributed by atoms with Crippen LogP contribution < -0.4 is 10.2 Å². The third-order valence-corrected chi connectivity index (χ3v) is 5.97. The fraction of sp³-hybridized carbons (Fsp3) is 0.478. The first-order chi connectivity index (χ1) is 14.2. The predicted molar refractivity (Wildman–Crippen MR) is 117 cm³/mol. The molecular formula is C23H31N5O. The lowest BCUT2D eigenvalue weighted by Gasteiger charge is -2.35. The second-order valence-electron chi connectivity index (χ2n) is 8.10. The third kappa shape index (κ3) is 4.37. The van der Waals surface area contributed by atoms with Crippen LogP contribution >= 0.6 is 0 Å². The van der Waals surface area contributed by atoms with Gasteiger partial charge < -0.3 is 20.0 Å². The van der Waals surface area contributed by atoms with Crippen LogP contribution in [0.1, 0.15) is 41.3 Å².